The van der Waals surface area contributed by atoms with Crippen molar-refractivity contribution in [1.29, 1.82) is 0 Å². The topological polar surface area (TPSA) is 56.8 Å². The third-order valence-corrected chi connectivity index (χ3v) is 3.45. The van der Waals surface area contributed by atoms with Crippen molar-refractivity contribution in [2.75, 3.05) is 26.1 Å². The molecule has 0 fully saturated rings. The lowest BCUT2D eigenvalue weighted by atomic mass is 10.1. The Morgan fingerprint density at radius 1 is 1.04 bits per heavy atom. The Kier molecular flexibility index (Phi) is 5.46. The fourth-order valence-corrected chi connectivity index (χ4v) is 2.26. The summed E-state index contributed by atoms with van der Waals surface area (Å²) in [6, 6.07) is 10.7. The molecule has 1 N–H and O–H groups in total. The van der Waals surface area contributed by atoms with Crippen LogP contribution in [0.2, 0.25) is 0 Å². The number of para-hydroxylation sites is 2. The summed E-state index contributed by atoms with van der Waals surface area (Å²) in [6.45, 7) is 4.30. The number of nitrogens with one attached hydrogen (secondary N) is 1. The molecule has 0 saturated heterocycles. The molecule has 0 aliphatic carbocycles. The number of benzene rings is 2. The number of anilines is 1. The van der Waals surface area contributed by atoms with Crippen molar-refractivity contribution in [3.8, 4) is 17.2 Å². The van der Waals surface area contributed by atoms with Gasteiger partial charge in [-0.15, -0.1) is 0 Å². The van der Waals surface area contributed by atoms with Gasteiger partial charge in [-0.25, -0.2) is 0 Å². The van der Waals surface area contributed by atoms with Crippen LogP contribution in [0.1, 0.15) is 22.8 Å². The lowest BCUT2D eigenvalue weighted by Gasteiger charge is -2.14. The van der Waals surface area contributed by atoms with Gasteiger partial charge >= 0.3 is 0 Å². The van der Waals surface area contributed by atoms with Gasteiger partial charge in [-0.3, -0.25) is 4.79 Å². The first-order chi connectivity index (χ1) is 11.1. The first kappa shape index (κ1) is 16.7. The van der Waals surface area contributed by atoms with E-state index in [2.05, 4.69) is 5.32 Å². The molecule has 2 rings (SSSR count). The zero-order valence-corrected chi connectivity index (χ0v) is 13.8. The van der Waals surface area contributed by atoms with Crippen molar-refractivity contribution in [2.45, 2.75) is 13.8 Å². The molecule has 2 aromatic carbocycles. The van der Waals surface area contributed by atoms with Gasteiger partial charge in [0, 0.05) is 11.1 Å². The highest BCUT2D eigenvalue weighted by atomic mass is 16.5. The van der Waals surface area contributed by atoms with Gasteiger partial charge in [0.1, 0.15) is 17.2 Å². The molecular weight excluding hydrogens is 294 g/mol. The lowest BCUT2D eigenvalue weighted by molar-refractivity contribution is 0.102. The fraction of sp³-hybridized carbons (Fsp3) is 0.278. The highest BCUT2D eigenvalue weighted by molar-refractivity contribution is 6.05. The van der Waals surface area contributed by atoms with Gasteiger partial charge in [0.05, 0.1) is 26.5 Å². The van der Waals surface area contributed by atoms with E-state index in [0.29, 0.717) is 35.1 Å². The van der Waals surface area contributed by atoms with E-state index in [-0.39, 0.29) is 5.91 Å². The van der Waals surface area contributed by atoms with E-state index in [0.717, 1.165) is 5.56 Å². The molecule has 0 atom stereocenters. The van der Waals surface area contributed by atoms with Crippen LogP contribution in [0.4, 0.5) is 5.69 Å². The normalized spacial score (nSPS) is 10.1. The quantitative estimate of drug-likeness (QED) is 0.884. The monoisotopic (exact) mass is 315 g/mol. The van der Waals surface area contributed by atoms with E-state index in [9.17, 15) is 4.79 Å². The number of amides is 1. The molecule has 0 heterocycles. The van der Waals surface area contributed by atoms with Gasteiger partial charge in [-0.05, 0) is 38.1 Å². The molecule has 0 spiro atoms. The zero-order chi connectivity index (χ0) is 16.8. The minimum Gasteiger partial charge on any atom is -0.496 e. The fourth-order valence-electron chi connectivity index (χ4n) is 2.26. The van der Waals surface area contributed by atoms with Gasteiger partial charge < -0.3 is 19.5 Å². The Bertz CT molecular complexity index is 672. The standard InChI is InChI=1S/C18H21NO4/c1-5-23-15-9-7-6-8-14(15)19-18(20)13-10-16(21-3)12(2)17(11-13)22-4/h6-11H,5H2,1-4H3,(H,19,20). The molecule has 2 aromatic rings. The van der Waals surface area contributed by atoms with E-state index >= 15 is 0 Å². The predicted octanol–water partition coefficient (Wildman–Crippen LogP) is 3.66. The van der Waals surface area contributed by atoms with Gasteiger partial charge in [-0.1, -0.05) is 12.1 Å². The second-order valence-corrected chi connectivity index (χ2v) is 4.89. The Morgan fingerprint density at radius 2 is 1.65 bits per heavy atom. The number of methoxy groups -OCH3 is 2. The SMILES string of the molecule is CCOc1ccccc1NC(=O)c1cc(OC)c(C)c(OC)c1. The summed E-state index contributed by atoms with van der Waals surface area (Å²) in [4.78, 5) is 12.5. The van der Waals surface area contributed by atoms with Crippen molar-refractivity contribution in [3.05, 3.63) is 47.5 Å². The van der Waals surface area contributed by atoms with E-state index in [1.165, 1.54) is 0 Å². The molecule has 5 heteroatoms. The van der Waals surface area contributed by atoms with Gasteiger partial charge in [0.25, 0.3) is 5.91 Å². The second-order valence-electron chi connectivity index (χ2n) is 4.89. The number of hydrogen-bond donors (Lipinski definition) is 1. The molecule has 0 aliphatic rings. The lowest BCUT2D eigenvalue weighted by Crippen LogP contribution is -2.13. The van der Waals surface area contributed by atoms with E-state index in [1.807, 2.05) is 32.0 Å². The summed E-state index contributed by atoms with van der Waals surface area (Å²) in [5, 5.41) is 2.86. The van der Waals surface area contributed by atoms with Crippen molar-refractivity contribution < 1.29 is 19.0 Å². The van der Waals surface area contributed by atoms with Crippen LogP contribution in [0.15, 0.2) is 36.4 Å². The number of carbonyl (C=O) groups is 1. The summed E-state index contributed by atoms with van der Waals surface area (Å²) in [6.07, 6.45) is 0. The predicted molar refractivity (Wildman–Crippen MR) is 89.8 cm³/mol. The van der Waals surface area contributed by atoms with Crippen LogP contribution in [-0.2, 0) is 0 Å². The minimum absolute atomic E-state index is 0.256. The van der Waals surface area contributed by atoms with Gasteiger partial charge in [-0.2, -0.15) is 0 Å². The summed E-state index contributed by atoms with van der Waals surface area (Å²) in [5.74, 6) is 1.59. The zero-order valence-electron chi connectivity index (χ0n) is 13.8. The highest BCUT2D eigenvalue weighted by Gasteiger charge is 2.15. The van der Waals surface area contributed by atoms with Crippen LogP contribution in [0.25, 0.3) is 0 Å². The number of rotatable bonds is 6. The van der Waals surface area contributed by atoms with Crippen molar-refractivity contribution in [2.24, 2.45) is 0 Å². The van der Waals surface area contributed by atoms with Crippen LogP contribution < -0.4 is 19.5 Å². The second kappa shape index (κ2) is 7.54. The number of hydrogen-bond acceptors (Lipinski definition) is 4. The molecule has 5 nitrogen and oxygen atoms in total. The van der Waals surface area contributed by atoms with Crippen molar-refractivity contribution in [3.63, 3.8) is 0 Å². The molecule has 0 aliphatic heterocycles. The Hall–Kier alpha value is -2.69. The molecule has 122 valence electrons. The smallest absolute Gasteiger partial charge is 0.256 e. The third-order valence-electron chi connectivity index (χ3n) is 3.45. The average Bonchev–Trinajstić information content (AvgIpc) is 2.57. The molecule has 0 saturated carbocycles. The maximum absolute atomic E-state index is 12.5. The number of ether oxygens (including phenoxy) is 3. The first-order valence-corrected chi connectivity index (χ1v) is 7.36. The maximum Gasteiger partial charge on any atom is 0.256 e. The summed E-state index contributed by atoms with van der Waals surface area (Å²) in [5.41, 5.74) is 1.93. The Balaban J connectivity index is 2.31. The molecular formula is C18H21NO4. The molecule has 1 amide bonds. The van der Waals surface area contributed by atoms with E-state index < -0.39 is 0 Å². The molecule has 0 radical (unpaired) electrons. The van der Waals surface area contributed by atoms with Gasteiger partial charge in [0.2, 0.25) is 0 Å². The van der Waals surface area contributed by atoms with Crippen LogP contribution in [0, 0.1) is 6.92 Å². The minimum atomic E-state index is -0.256. The molecule has 0 unspecified atom stereocenters. The first-order valence-electron chi connectivity index (χ1n) is 7.36. The van der Waals surface area contributed by atoms with Crippen LogP contribution >= 0.6 is 0 Å². The van der Waals surface area contributed by atoms with Crippen molar-refractivity contribution in [1.82, 2.24) is 0 Å². The molecule has 0 bridgehead atoms. The number of carbonyl (C=O) groups excluding carboxylic acids is 1. The van der Waals surface area contributed by atoms with Crippen LogP contribution in [0.3, 0.4) is 0 Å². The van der Waals surface area contributed by atoms with E-state index in [4.69, 9.17) is 14.2 Å². The third kappa shape index (κ3) is 3.74. The van der Waals surface area contributed by atoms with Crippen molar-refractivity contribution >= 4 is 11.6 Å². The largest absolute Gasteiger partial charge is 0.496 e. The van der Waals surface area contributed by atoms with Crippen LogP contribution in [-0.4, -0.2) is 26.7 Å². The maximum atomic E-state index is 12.5. The van der Waals surface area contributed by atoms with Gasteiger partial charge in [0.15, 0.2) is 0 Å². The van der Waals surface area contributed by atoms with E-state index in [1.54, 1.807) is 32.4 Å². The average molecular weight is 315 g/mol. The summed E-state index contributed by atoms with van der Waals surface area (Å²) >= 11 is 0. The summed E-state index contributed by atoms with van der Waals surface area (Å²) < 4.78 is 16.1. The Labute approximate surface area is 136 Å². The summed E-state index contributed by atoms with van der Waals surface area (Å²) in [7, 11) is 3.13. The Morgan fingerprint density at radius 3 is 2.22 bits per heavy atom. The van der Waals surface area contributed by atoms with Crippen LogP contribution in [0.5, 0.6) is 17.2 Å². The molecule has 0 aromatic heterocycles. The highest BCUT2D eigenvalue weighted by Crippen LogP contribution is 2.30. The molecule has 23 heavy (non-hydrogen) atoms.